The summed E-state index contributed by atoms with van der Waals surface area (Å²) < 4.78 is 4.97. The van der Waals surface area contributed by atoms with Crippen molar-refractivity contribution in [2.24, 2.45) is 0 Å². The highest BCUT2D eigenvalue weighted by atomic mass is 16.5. The van der Waals surface area contributed by atoms with Gasteiger partial charge in [0.15, 0.2) is 0 Å². The van der Waals surface area contributed by atoms with Gasteiger partial charge in [-0.25, -0.2) is 0 Å². The van der Waals surface area contributed by atoms with E-state index in [0.29, 0.717) is 13.2 Å². The molecule has 0 radical (unpaired) electrons. The molecule has 1 fully saturated rings. The normalized spacial score (nSPS) is 16.0. The van der Waals surface area contributed by atoms with Crippen molar-refractivity contribution in [3.8, 4) is 0 Å². The number of amides is 1. The Morgan fingerprint density at radius 3 is 2.29 bits per heavy atom. The molecule has 0 spiro atoms. The summed E-state index contributed by atoms with van der Waals surface area (Å²) in [5.74, 6) is -0.188. The van der Waals surface area contributed by atoms with E-state index < -0.39 is 0 Å². The smallest absolute Gasteiger partial charge is 0.307 e. The quantitative estimate of drug-likeness (QED) is 0.428. The summed E-state index contributed by atoms with van der Waals surface area (Å²) in [7, 11) is 0. The van der Waals surface area contributed by atoms with Crippen molar-refractivity contribution in [2.45, 2.75) is 71.8 Å². The first-order valence-corrected chi connectivity index (χ1v) is 8.15. The van der Waals surface area contributed by atoms with Crippen molar-refractivity contribution in [2.75, 3.05) is 13.2 Å². The van der Waals surface area contributed by atoms with Crippen LogP contribution in [0.3, 0.4) is 0 Å². The Morgan fingerprint density at radius 1 is 1.14 bits per heavy atom. The maximum atomic E-state index is 12.4. The second-order valence-corrected chi connectivity index (χ2v) is 5.95. The molecule has 0 aliphatic heterocycles. The summed E-state index contributed by atoms with van der Waals surface area (Å²) >= 11 is 0. The third-order valence-corrected chi connectivity index (χ3v) is 3.82. The maximum absolute atomic E-state index is 12.4. The lowest BCUT2D eigenvalue weighted by Crippen LogP contribution is -2.40. The van der Waals surface area contributed by atoms with E-state index in [0.717, 1.165) is 18.4 Å². The molecule has 0 atom stereocenters. The highest BCUT2D eigenvalue weighted by Gasteiger charge is 2.24. The van der Waals surface area contributed by atoms with Crippen LogP contribution in [0, 0.1) is 0 Å². The van der Waals surface area contributed by atoms with Crippen molar-refractivity contribution in [3.05, 3.63) is 11.6 Å². The lowest BCUT2D eigenvalue weighted by atomic mass is 10.1. The van der Waals surface area contributed by atoms with Gasteiger partial charge in [-0.15, -0.1) is 0 Å². The SMILES string of the molecule is CCOC(=O)CCN(C(=O)C=C(C)C)C1CCCCCC1. The molecule has 0 aromatic carbocycles. The molecule has 1 aliphatic carbocycles. The van der Waals surface area contributed by atoms with E-state index in [1.807, 2.05) is 18.7 Å². The second-order valence-electron chi connectivity index (χ2n) is 5.95. The first-order valence-electron chi connectivity index (χ1n) is 8.15. The maximum Gasteiger partial charge on any atom is 0.307 e. The van der Waals surface area contributed by atoms with Crippen molar-refractivity contribution in [1.29, 1.82) is 0 Å². The number of hydrogen-bond acceptors (Lipinski definition) is 3. The molecule has 0 bridgehead atoms. The molecule has 0 heterocycles. The van der Waals surface area contributed by atoms with Gasteiger partial charge in [0.1, 0.15) is 0 Å². The van der Waals surface area contributed by atoms with Gasteiger partial charge in [0.05, 0.1) is 13.0 Å². The predicted octanol–water partition coefficient (Wildman–Crippen LogP) is 3.46. The number of hydrogen-bond donors (Lipinski definition) is 0. The van der Waals surface area contributed by atoms with Gasteiger partial charge < -0.3 is 9.64 Å². The zero-order chi connectivity index (χ0) is 15.7. The average molecular weight is 295 g/mol. The molecule has 0 aromatic heterocycles. The number of carbonyl (C=O) groups excluding carboxylic acids is 2. The molecule has 1 rings (SSSR count). The number of allylic oxidation sites excluding steroid dienone is 1. The van der Waals surface area contributed by atoms with Crippen LogP contribution >= 0.6 is 0 Å². The van der Waals surface area contributed by atoms with E-state index in [2.05, 4.69) is 0 Å². The van der Waals surface area contributed by atoms with Gasteiger partial charge in [0, 0.05) is 18.7 Å². The number of carbonyl (C=O) groups is 2. The van der Waals surface area contributed by atoms with Crippen molar-refractivity contribution < 1.29 is 14.3 Å². The van der Waals surface area contributed by atoms with Gasteiger partial charge in [-0.3, -0.25) is 9.59 Å². The van der Waals surface area contributed by atoms with Crippen LogP contribution < -0.4 is 0 Å². The van der Waals surface area contributed by atoms with Crippen LogP contribution in [0.5, 0.6) is 0 Å². The molecular weight excluding hydrogens is 266 g/mol. The van der Waals surface area contributed by atoms with Gasteiger partial charge in [0.2, 0.25) is 5.91 Å². The summed E-state index contributed by atoms with van der Waals surface area (Å²) in [5.41, 5.74) is 0.995. The predicted molar refractivity (Wildman–Crippen MR) is 83.9 cm³/mol. The molecule has 1 aliphatic rings. The van der Waals surface area contributed by atoms with Gasteiger partial charge >= 0.3 is 5.97 Å². The zero-order valence-electron chi connectivity index (χ0n) is 13.7. The monoisotopic (exact) mass is 295 g/mol. The molecule has 0 N–H and O–H groups in total. The summed E-state index contributed by atoms with van der Waals surface area (Å²) in [6.45, 7) is 6.51. The summed E-state index contributed by atoms with van der Waals surface area (Å²) in [5, 5.41) is 0. The molecule has 0 saturated heterocycles. The van der Waals surface area contributed by atoms with Crippen LogP contribution in [-0.2, 0) is 14.3 Å². The van der Waals surface area contributed by atoms with Gasteiger partial charge in [-0.1, -0.05) is 31.3 Å². The summed E-state index contributed by atoms with van der Waals surface area (Å²) in [6, 6.07) is 0.269. The standard InChI is InChI=1S/C17H29NO3/c1-4-21-17(20)11-12-18(16(19)13-14(2)3)15-9-7-5-6-8-10-15/h13,15H,4-12H2,1-3H3. The summed E-state index contributed by atoms with van der Waals surface area (Å²) in [4.78, 5) is 25.9. The fourth-order valence-electron chi connectivity index (χ4n) is 2.82. The number of ether oxygens (including phenoxy) is 1. The van der Waals surface area contributed by atoms with Crippen LogP contribution in [0.4, 0.5) is 0 Å². The molecule has 4 nitrogen and oxygen atoms in total. The highest BCUT2D eigenvalue weighted by Crippen LogP contribution is 2.22. The number of esters is 1. The minimum Gasteiger partial charge on any atom is -0.466 e. The molecule has 0 aromatic rings. The van der Waals surface area contributed by atoms with E-state index in [4.69, 9.17) is 4.74 Å². The Morgan fingerprint density at radius 2 is 1.76 bits per heavy atom. The van der Waals surface area contributed by atoms with Gasteiger partial charge in [0.25, 0.3) is 0 Å². The van der Waals surface area contributed by atoms with Gasteiger partial charge in [-0.2, -0.15) is 0 Å². The molecule has 1 saturated carbocycles. The average Bonchev–Trinajstić information content (AvgIpc) is 2.67. The minimum absolute atomic E-state index is 0.0335. The lowest BCUT2D eigenvalue weighted by molar-refractivity contribution is -0.144. The second kappa shape index (κ2) is 9.59. The third kappa shape index (κ3) is 6.78. The Labute approximate surface area is 128 Å². The Kier molecular flexibility index (Phi) is 8.09. The zero-order valence-corrected chi connectivity index (χ0v) is 13.7. The van der Waals surface area contributed by atoms with Crippen molar-refractivity contribution in [1.82, 2.24) is 4.90 Å². The largest absolute Gasteiger partial charge is 0.466 e. The Bertz CT molecular complexity index is 364. The molecule has 1 amide bonds. The van der Waals surface area contributed by atoms with E-state index >= 15 is 0 Å². The Balaban J connectivity index is 2.70. The molecule has 120 valence electrons. The number of nitrogens with zero attached hydrogens (tertiary/aromatic N) is 1. The van der Waals surface area contributed by atoms with Crippen LogP contribution in [-0.4, -0.2) is 36.0 Å². The first-order chi connectivity index (χ1) is 10.0. The minimum atomic E-state index is -0.221. The highest BCUT2D eigenvalue weighted by molar-refractivity contribution is 5.88. The Hall–Kier alpha value is -1.32. The lowest BCUT2D eigenvalue weighted by Gasteiger charge is -2.30. The van der Waals surface area contributed by atoms with Crippen LogP contribution in [0.15, 0.2) is 11.6 Å². The van der Waals surface area contributed by atoms with Crippen LogP contribution in [0.1, 0.15) is 65.7 Å². The van der Waals surface area contributed by atoms with Crippen LogP contribution in [0.25, 0.3) is 0 Å². The van der Waals surface area contributed by atoms with Gasteiger partial charge in [-0.05, 0) is 33.6 Å². The number of rotatable bonds is 6. The molecule has 21 heavy (non-hydrogen) atoms. The van der Waals surface area contributed by atoms with Crippen molar-refractivity contribution in [3.63, 3.8) is 0 Å². The molecule has 4 heteroatoms. The van der Waals surface area contributed by atoms with Crippen molar-refractivity contribution >= 4 is 11.9 Å². The van der Waals surface area contributed by atoms with E-state index in [-0.39, 0.29) is 24.3 Å². The summed E-state index contributed by atoms with van der Waals surface area (Å²) in [6.07, 6.45) is 8.89. The molecule has 0 unspecified atom stereocenters. The molecular formula is C17H29NO3. The first kappa shape index (κ1) is 17.7. The van der Waals surface area contributed by atoms with E-state index in [1.54, 1.807) is 13.0 Å². The van der Waals surface area contributed by atoms with Crippen LogP contribution in [0.2, 0.25) is 0 Å². The van der Waals surface area contributed by atoms with E-state index in [9.17, 15) is 9.59 Å². The third-order valence-electron chi connectivity index (χ3n) is 3.82. The topological polar surface area (TPSA) is 46.6 Å². The van der Waals surface area contributed by atoms with E-state index in [1.165, 1.54) is 25.7 Å². The fourth-order valence-corrected chi connectivity index (χ4v) is 2.82. The fraction of sp³-hybridized carbons (Fsp3) is 0.765.